The quantitative estimate of drug-likeness (QED) is 0.151. The van der Waals surface area contributed by atoms with Crippen LogP contribution in [0.15, 0.2) is 30.5 Å². The fraction of sp³-hybridized carbons (Fsp3) is 0.581. The average Bonchev–Trinajstić information content (AvgIpc) is 3.41. The molecule has 0 saturated carbocycles. The van der Waals surface area contributed by atoms with Crippen LogP contribution >= 0.6 is 15.9 Å². The minimum atomic E-state index is -0.0770. The van der Waals surface area contributed by atoms with Crippen LogP contribution in [0.1, 0.15) is 79.6 Å². The Morgan fingerprint density at radius 3 is 2.55 bits per heavy atom. The molecular formula is C31H44BrN5O3. The van der Waals surface area contributed by atoms with Gasteiger partial charge in [-0.15, -0.1) is 0 Å². The van der Waals surface area contributed by atoms with Gasteiger partial charge < -0.3 is 20.1 Å². The van der Waals surface area contributed by atoms with Crippen molar-refractivity contribution in [2.24, 2.45) is 0 Å². The van der Waals surface area contributed by atoms with E-state index in [1.807, 2.05) is 23.0 Å². The van der Waals surface area contributed by atoms with Gasteiger partial charge in [-0.1, -0.05) is 35.0 Å². The number of hydrogen-bond donors (Lipinski definition) is 2. The number of aryl methyl sites for hydroxylation is 3. The third kappa shape index (κ3) is 8.27. The standard InChI is InChI=1S/C31H44BrN5O3/c1-3-28-26(29(35-25-14-19-40-20-15-25)27-22-34-37(4-2)30(27)36-28)21-33-31(38)24-12-10-23(11-13-24)9-5-7-17-39-18-8-6-16-32/h10-13,22,25H,3-9,14-21H2,1-2H3,(H,33,38)(H,35,36). The number of alkyl halides is 1. The zero-order valence-corrected chi connectivity index (χ0v) is 25.6. The molecular weight excluding hydrogens is 570 g/mol. The number of amides is 1. The van der Waals surface area contributed by atoms with Crippen molar-refractivity contribution in [3.05, 3.63) is 52.8 Å². The van der Waals surface area contributed by atoms with Gasteiger partial charge in [-0.3, -0.25) is 4.79 Å². The van der Waals surface area contributed by atoms with Crippen molar-refractivity contribution in [3.63, 3.8) is 0 Å². The molecule has 2 aromatic heterocycles. The number of hydrogen-bond acceptors (Lipinski definition) is 6. The number of anilines is 1. The first-order valence-electron chi connectivity index (χ1n) is 14.9. The molecule has 0 spiro atoms. The van der Waals surface area contributed by atoms with Crippen LogP contribution in [0.25, 0.3) is 11.0 Å². The van der Waals surface area contributed by atoms with Gasteiger partial charge in [0.2, 0.25) is 0 Å². The van der Waals surface area contributed by atoms with Gasteiger partial charge in [-0.25, -0.2) is 9.67 Å². The molecule has 0 aliphatic carbocycles. The van der Waals surface area contributed by atoms with E-state index < -0.39 is 0 Å². The summed E-state index contributed by atoms with van der Waals surface area (Å²) in [6, 6.07) is 8.30. The molecule has 1 aliphatic rings. The van der Waals surface area contributed by atoms with Gasteiger partial charge in [0.1, 0.15) is 0 Å². The highest BCUT2D eigenvalue weighted by molar-refractivity contribution is 9.09. The summed E-state index contributed by atoms with van der Waals surface area (Å²) in [6.45, 7) is 8.52. The number of aromatic nitrogens is 3. The molecule has 4 rings (SSSR count). The second-order valence-corrected chi connectivity index (χ2v) is 11.1. The molecule has 1 saturated heterocycles. The van der Waals surface area contributed by atoms with Gasteiger partial charge in [0, 0.05) is 67.7 Å². The molecule has 3 heterocycles. The first-order chi connectivity index (χ1) is 19.6. The maximum atomic E-state index is 13.1. The molecule has 1 aromatic carbocycles. The normalized spacial score (nSPS) is 14.1. The monoisotopic (exact) mass is 613 g/mol. The third-order valence-corrected chi connectivity index (χ3v) is 8.06. The Morgan fingerprint density at radius 1 is 1.10 bits per heavy atom. The number of unbranched alkanes of at least 4 members (excludes halogenated alkanes) is 2. The molecule has 0 bridgehead atoms. The van der Waals surface area contributed by atoms with E-state index in [1.165, 1.54) is 5.56 Å². The van der Waals surface area contributed by atoms with Crippen LogP contribution in [0.2, 0.25) is 0 Å². The molecule has 1 fully saturated rings. The Morgan fingerprint density at radius 2 is 1.85 bits per heavy atom. The van der Waals surface area contributed by atoms with E-state index in [-0.39, 0.29) is 5.91 Å². The van der Waals surface area contributed by atoms with Gasteiger partial charge in [-0.05, 0) is 76.0 Å². The van der Waals surface area contributed by atoms with Gasteiger partial charge in [0.15, 0.2) is 5.65 Å². The molecule has 218 valence electrons. The average molecular weight is 615 g/mol. The SMILES string of the molecule is CCc1nc2c(cnn2CC)c(NC2CCOCC2)c1CNC(=O)c1ccc(CCCCOCCCCBr)cc1. The Bertz CT molecular complexity index is 1210. The maximum absolute atomic E-state index is 13.1. The number of ether oxygens (including phenoxy) is 2. The molecule has 0 atom stereocenters. The lowest BCUT2D eigenvalue weighted by atomic mass is 10.0. The predicted octanol–water partition coefficient (Wildman–Crippen LogP) is 6.05. The zero-order chi connectivity index (χ0) is 28.2. The lowest BCUT2D eigenvalue weighted by Gasteiger charge is -2.26. The number of carbonyl (C=O) groups is 1. The van der Waals surface area contributed by atoms with Crippen LogP contribution in [0.5, 0.6) is 0 Å². The number of benzene rings is 1. The van der Waals surface area contributed by atoms with Crippen LogP contribution in [0.4, 0.5) is 5.69 Å². The Balaban J connectivity index is 1.38. The second kappa shape index (κ2) is 16.1. The van der Waals surface area contributed by atoms with Crippen molar-refractivity contribution in [1.82, 2.24) is 20.1 Å². The summed E-state index contributed by atoms with van der Waals surface area (Å²) in [5.74, 6) is -0.0770. The van der Waals surface area contributed by atoms with Crippen molar-refractivity contribution < 1.29 is 14.3 Å². The molecule has 8 nitrogen and oxygen atoms in total. The molecule has 9 heteroatoms. The Kier molecular flexibility index (Phi) is 12.2. The van der Waals surface area contributed by atoms with Crippen molar-refractivity contribution in [3.8, 4) is 0 Å². The van der Waals surface area contributed by atoms with Gasteiger partial charge in [-0.2, -0.15) is 5.10 Å². The first-order valence-corrected chi connectivity index (χ1v) is 16.0. The van der Waals surface area contributed by atoms with E-state index in [2.05, 4.69) is 57.6 Å². The highest BCUT2D eigenvalue weighted by Gasteiger charge is 2.22. The van der Waals surface area contributed by atoms with Crippen molar-refractivity contribution in [2.75, 3.05) is 37.1 Å². The van der Waals surface area contributed by atoms with E-state index in [4.69, 9.17) is 14.5 Å². The molecule has 0 radical (unpaired) electrons. The summed E-state index contributed by atoms with van der Waals surface area (Å²) in [7, 11) is 0. The van der Waals surface area contributed by atoms with Gasteiger partial charge in [0.05, 0.1) is 17.3 Å². The smallest absolute Gasteiger partial charge is 0.251 e. The summed E-state index contributed by atoms with van der Waals surface area (Å²) >= 11 is 3.45. The van der Waals surface area contributed by atoms with Crippen molar-refractivity contribution in [1.29, 1.82) is 0 Å². The molecule has 2 N–H and O–H groups in total. The van der Waals surface area contributed by atoms with Crippen LogP contribution in [-0.2, 0) is 35.4 Å². The van der Waals surface area contributed by atoms with E-state index in [9.17, 15) is 4.79 Å². The van der Waals surface area contributed by atoms with Crippen molar-refractivity contribution in [2.45, 2.75) is 84.3 Å². The number of nitrogens with zero attached hydrogens (tertiary/aromatic N) is 3. The first kappa shape index (κ1) is 30.5. The van der Waals surface area contributed by atoms with E-state index in [1.54, 1.807) is 0 Å². The maximum Gasteiger partial charge on any atom is 0.251 e. The van der Waals surface area contributed by atoms with Crippen LogP contribution in [0.3, 0.4) is 0 Å². The summed E-state index contributed by atoms with van der Waals surface area (Å²) < 4.78 is 13.2. The molecule has 0 unspecified atom stereocenters. The van der Waals surface area contributed by atoms with Crippen LogP contribution in [0, 0.1) is 0 Å². The highest BCUT2D eigenvalue weighted by atomic mass is 79.9. The minimum Gasteiger partial charge on any atom is -0.381 e. The number of rotatable bonds is 16. The molecule has 1 aliphatic heterocycles. The van der Waals surface area contributed by atoms with E-state index in [0.717, 1.165) is 118 Å². The van der Waals surface area contributed by atoms with E-state index in [0.29, 0.717) is 18.2 Å². The van der Waals surface area contributed by atoms with Crippen molar-refractivity contribution >= 4 is 38.6 Å². The lowest BCUT2D eigenvalue weighted by molar-refractivity contribution is 0.0904. The summed E-state index contributed by atoms with van der Waals surface area (Å²) in [6.07, 6.45) is 9.97. The number of carbonyl (C=O) groups excluding carboxylic acids is 1. The number of halogens is 1. The van der Waals surface area contributed by atoms with Crippen LogP contribution in [-0.4, -0.2) is 58.5 Å². The largest absolute Gasteiger partial charge is 0.381 e. The summed E-state index contributed by atoms with van der Waals surface area (Å²) in [4.78, 5) is 18.1. The van der Waals surface area contributed by atoms with Gasteiger partial charge >= 0.3 is 0 Å². The van der Waals surface area contributed by atoms with Crippen LogP contribution < -0.4 is 10.6 Å². The highest BCUT2D eigenvalue weighted by Crippen LogP contribution is 2.31. The number of nitrogens with one attached hydrogen (secondary N) is 2. The lowest BCUT2D eigenvalue weighted by Crippen LogP contribution is -2.30. The third-order valence-electron chi connectivity index (χ3n) is 7.49. The topological polar surface area (TPSA) is 90.3 Å². The fourth-order valence-corrected chi connectivity index (χ4v) is 5.52. The Labute approximate surface area is 246 Å². The molecule has 1 amide bonds. The summed E-state index contributed by atoms with van der Waals surface area (Å²) in [5, 5.41) is 13.6. The summed E-state index contributed by atoms with van der Waals surface area (Å²) in [5.41, 5.74) is 5.87. The minimum absolute atomic E-state index is 0.0770. The molecule has 3 aromatic rings. The Hall–Kier alpha value is -2.49. The zero-order valence-electron chi connectivity index (χ0n) is 24.0. The number of fused-ring (bicyclic) bond motifs is 1. The van der Waals surface area contributed by atoms with Gasteiger partial charge in [0.25, 0.3) is 5.91 Å². The van der Waals surface area contributed by atoms with E-state index >= 15 is 0 Å². The second-order valence-electron chi connectivity index (χ2n) is 10.3. The fourth-order valence-electron chi connectivity index (χ4n) is 5.13. The molecule has 40 heavy (non-hydrogen) atoms. The predicted molar refractivity (Wildman–Crippen MR) is 164 cm³/mol. The number of pyridine rings is 1.